The largest absolute Gasteiger partial charge is 0.395 e. The highest BCUT2D eigenvalue weighted by atomic mass is 32.2. The third-order valence-corrected chi connectivity index (χ3v) is 4.64. The fourth-order valence-electron chi connectivity index (χ4n) is 1.54. The third kappa shape index (κ3) is 2.11. The van der Waals surface area contributed by atoms with Crippen LogP contribution in [0, 0.1) is 13.8 Å². The van der Waals surface area contributed by atoms with Gasteiger partial charge in [0.1, 0.15) is 4.90 Å². The van der Waals surface area contributed by atoms with Crippen molar-refractivity contribution < 1.29 is 13.5 Å². The van der Waals surface area contributed by atoms with Gasteiger partial charge >= 0.3 is 0 Å². The van der Waals surface area contributed by atoms with Gasteiger partial charge in [0.05, 0.1) is 18.0 Å². The van der Waals surface area contributed by atoms with Gasteiger partial charge in [-0.25, -0.2) is 8.42 Å². The summed E-state index contributed by atoms with van der Waals surface area (Å²) >= 11 is 0. The average molecular weight is 247 g/mol. The SMILES string of the molecule is Cc1nn(C)c(C)c1S(=O)(=O)N(C)CCO. The molecule has 0 spiro atoms. The molecule has 0 aliphatic carbocycles. The molecule has 7 heteroatoms. The van der Waals surface area contributed by atoms with Crippen molar-refractivity contribution in [3.8, 4) is 0 Å². The van der Waals surface area contributed by atoms with Crippen LogP contribution in [0.25, 0.3) is 0 Å². The standard InChI is InChI=1S/C9H17N3O3S/c1-7-9(8(2)12(4)10-7)16(14,15)11(3)5-6-13/h13H,5-6H2,1-4H3. The maximum atomic E-state index is 12.1. The summed E-state index contributed by atoms with van der Waals surface area (Å²) in [5, 5.41) is 12.8. The van der Waals surface area contributed by atoms with Crippen LogP contribution in [-0.4, -0.2) is 47.8 Å². The van der Waals surface area contributed by atoms with Crippen molar-refractivity contribution in [2.24, 2.45) is 7.05 Å². The summed E-state index contributed by atoms with van der Waals surface area (Å²) in [6.45, 7) is 3.25. The molecule has 1 aromatic rings. The molecular weight excluding hydrogens is 230 g/mol. The summed E-state index contributed by atoms with van der Waals surface area (Å²) in [6, 6.07) is 0. The lowest BCUT2D eigenvalue weighted by atomic mass is 10.4. The number of sulfonamides is 1. The molecule has 0 saturated carbocycles. The Labute approximate surface area is 95.5 Å². The number of aromatic nitrogens is 2. The Bertz CT molecular complexity index is 478. The van der Waals surface area contributed by atoms with Crippen LogP contribution >= 0.6 is 0 Å². The number of rotatable bonds is 4. The zero-order valence-corrected chi connectivity index (χ0v) is 10.7. The van der Waals surface area contributed by atoms with Crippen molar-refractivity contribution in [2.75, 3.05) is 20.2 Å². The van der Waals surface area contributed by atoms with Crippen LogP contribution in [-0.2, 0) is 17.1 Å². The monoisotopic (exact) mass is 247 g/mol. The summed E-state index contributed by atoms with van der Waals surface area (Å²) < 4.78 is 26.9. The third-order valence-electron chi connectivity index (χ3n) is 2.53. The van der Waals surface area contributed by atoms with Crippen LogP contribution < -0.4 is 0 Å². The van der Waals surface area contributed by atoms with Gasteiger partial charge < -0.3 is 5.11 Å². The number of hydrogen-bond acceptors (Lipinski definition) is 4. The van der Waals surface area contributed by atoms with E-state index in [0.29, 0.717) is 11.4 Å². The first-order valence-electron chi connectivity index (χ1n) is 4.89. The second-order valence-corrected chi connectivity index (χ2v) is 5.66. The molecule has 0 amide bonds. The summed E-state index contributed by atoms with van der Waals surface area (Å²) in [5.74, 6) is 0. The Kier molecular flexibility index (Phi) is 3.72. The van der Waals surface area contributed by atoms with E-state index in [1.165, 1.54) is 11.7 Å². The molecule has 92 valence electrons. The van der Waals surface area contributed by atoms with Crippen LogP contribution in [0.5, 0.6) is 0 Å². The molecule has 0 aromatic carbocycles. The average Bonchev–Trinajstić information content (AvgIpc) is 2.41. The molecule has 0 saturated heterocycles. The molecule has 1 rings (SSSR count). The summed E-state index contributed by atoms with van der Waals surface area (Å²) in [6.07, 6.45) is 0. The number of likely N-dealkylation sites (N-methyl/N-ethyl adjacent to an activating group) is 1. The number of hydrogen-bond donors (Lipinski definition) is 1. The first-order chi connectivity index (χ1) is 7.32. The highest BCUT2D eigenvalue weighted by Gasteiger charge is 2.27. The molecule has 0 bridgehead atoms. The highest BCUT2D eigenvalue weighted by molar-refractivity contribution is 7.89. The van der Waals surface area contributed by atoms with E-state index >= 15 is 0 Å². The zero-order chi connectivity index (χ0) is 12.5. The summed E-state index contributed by atoms with van der Waals surface area (Å²) in [5.41, 5.74) is 1.08. The second-order valence-electron chi connectivity index (χ2n) is 3.67. The van der Waals surface area contributed by atoms with Crippen molar-refractivity contribution in [3.05, 3.63) is 11.4 Å². The van der Waals surface area contributed by atoms with Crippen LogP contribution in [0.2, 0.25) is 0 Å². The van der Waals surface area contributed by atoms with E-state index in [4.69, 9.17) is 5.11 Å². The van der Waals surface area contributed by atoms with E-state index in [0.717, 1.165) is 4.31 Å². The lowest BCUT2D eigenvalue weighted by Gasteiger charge is -2.15. The summed E-state index contributed by atoms with van der Waals surface area (Å²) in [7, 11) is -0.408. The molecule has 1 heterocycles. The minimum absolute atomic E-state index is 0.0795. The number of nitrogens with zero attached hydrogens (tertiary/aromatic N) is 3. The van der Waals surface area contributed by atoms with E-state index in [2.05, 4.69) is 5.10 Å². The maximum absolute atomic E-state index is 12.1. The van der Waals surface area contributed by atoms with E-state index in [-0.39, 0.29) is 18.0 Å². The van der Waals surface area contributed by atoms with Crippen molar-refractivity contribution in [2.45, 2.75) is 18.7 Å². The molecule has 0 fully saturated rings. The molecular formula is C9H17N3O3S. The van der Waals surface area contributed by atoms with Gasteiger partial charge in [0.15, 0.2) is 0 Å². The molecule has 0 atom stereocenters. The quantitative estimate of drug-likeness (QED) is 0.789. The smallest absolute Gasteiger partial charge is 0.246 e. The molecule has 0 aliphatic heterocycles. The van der Waals surface area contributed by atoms with Crippen molar-refractivity contribution in [1.29, 1.82) is 0 Å². The van der Waals surface area contributed by atoms with Gasteiger partial charge in [-0.1, -0.05) is 0 Å². The predicted octanol–water partition coefficient (Wildman–Crippen LogP) is -0.350. The van der Waals surface area contributed by atoms with E-state index in [1.807, 2.05) is 0 Å². The van der Waals surface area contributed by atoms with Gasteiger partial charge in [-0.05, 0) is 13.8 Å². The second kappa shape index (κ2) is 4.52. The van der Waals surface area contributed by atoms with E-state index in [9.17, 15) is 8.42 Å². The fourth-order valence-corrected chi connectivity index (χ4v) is 3.10. The van der Waals surface area contributed by atoms with Crippen molar-refractivity contribution >= 4 is 10.0 Å². The van der Waals surface area contributed by atoms with Crippen LogP contribution in [0.15, 0.2) is 4.90 Å². The van der Waals surface area contributed by atoms with Gasteiger partial charge in [-0.2, -0.15) is 9.40 Å². The van der Waals surface area contributed by atoms with Crippen LogP contribution in [0.4, 0.5) is 0 Å². The molecule has 6 nitrogen and oxygen atoms in total. The van der Waals surface area contributed by atoms with Gasteiger partial charge in [-0.15, -0.1) is 0 Å². The molecule has 0 unspecified atom stereocenters. The predicted molar refractivity (Wildman–Crippen MR) is 59.6 cm³/mol. The van der Waals surface area contributed by atoms with Crippen LogP contribution in [0.3, 0.4) is 0 Å². The van der Waals surface area contributed by atoms with Crippen LogP contribution in [0.1, 0.15) is 11.4 Å². The lowest BCUT2D eigenvalue weighted by Crippen LogP contribution is -2.30. The molecule has 0 radical (unpaired) electrons. The molecule has 16 heavy (non-hydrogen) atoms. The Morgan fingerprint density at radius 3 is 2.38 bits per heavy atom. The first kappa shape index (κ1) is 13.1. The maximum Gasteiger partial charge on any atom is 0.246 e. The Hall–Kier alpha value is -0.920. The summed E-state index contributed by atoms with van der Waals surface area (Å²) in [4.78, 5) is 0.228. The molecule has 1 N–H and O–H groups in total. The fraction of sp³-hybridized carbons (Fsp3) is 0.667. The molecule has 1 aromatic heterocycles. The Morgan fingerprint density at radius 2 is 2.00 bits per heavy atom. The molecule has 0 aliphatic rings. The number of aliphatic hydroxyl groups is 1. The highest BCUT2D eigenvalue weighted by Crippen LogP contribution is 2.21. The van der Waals surface area contributed by atoms with Crippen molar-refractivity contribution in [3.63, 3.8) is 0 Å². The normalized spacial score (nSPS) is 12.4. The Morgan fingerprint density at radius 1 is 1.44 bits per heavy atom. The van der Waals surface area contributed by atoms with E-state index in [1.54, 1.807) is 20.9 Å². The Balaban J connectivity index is 3.27. The topological polar surface area (TPSA) is 75.4 Å². The number of aryl methyl sites for hydroxylation is 2. The van der Waals surface area contributed by atoms with Gasteiger partial charge in [0.25, 0.3) is 0 Å². The van der Waals surface area contributed by atoms with Gasteiger partial charge in [-0.3, -0.25) is 4.68 Å². The minimum atomic E-state index is -3.55. The number of aliphatic hydroxyl groups excluding tert-OH is 1. The minimum Gasteiger partial charge on any atom is -0.395 e. The van der Waals surface area contributed by atoms with E-state index < -0.39 is 10.0 Å². The zero-order valence-electron chi connectivity index (χ0n) is 9.93. The first-order valence-corrected chi connectivity index (χ1v) is 6.33. The lowest BCUT2D eigenvalue weighted by molar-refractivity contribution is 0.266. The van der Waals surface area contributed by atoms with Gasteiger partial charge in [0.2, 0.25) is 10.0 Å². The van der Waals surface area contributed by atoms with Gasteiger partial charge in [0, 0.05) is 20.6 Å². The van der Waals surface area contributed by atoms with Crippen molar-refractivity contribution in [1.82, 2.24) is 14.1 Å².